The lowest BCUT2D eigenvalue weighted by Gasteiger charge is -2.31. The van der Waals surface area contributed by atoms with Crippen LogP contribution in [0.2, 0.25) is 0 Å². The fraction of sp³-hybridized carbons (Fsp3) is 0.304. The number of likely N-dealkylation sites (tertiary alicyclic amines) is 1. The van der Waals surface area contributed by atoms with Crippen LogP contribution in [0.5, 0.6) is 11.5 Å². The Labute approximate surface area is 197 Å². The maximum Gasteiger partial charge on any atom is 0.277 e. The van der Waals surface area contributed by atoms with Crippen molar-refractivity contribution in [2.24, 2.45) is 0 Å². The Bertz CT molecular complexity index is 1280. The maximum absolute atomic E-state index is 12.7. The zero-order valence-corrected chi connectivity index (χ0v) is 19.2. The van der Waals surface area contributed by atoms with E-state index in [2.05, 4.69) is 22.3 Å². The second-order valence-corrected chi connectivity index (χ2v) is 9.89. The summed E-state index contributed by atoms with van der Waals surface area (Å²) < 4.78 is 17.7. The number of amides is 1. The van der Waals surface area contributed by atoms with Gasteiger partial charge in [-0.1, -0.05) is 23.9 Å². The molecule has 8 nitrogen and oxygen atoms in total. The molecule has 0 spiro atoms. The van der Waals surface area contributed by atoms with Crippen molar-refractivity contribution in [3.8, 4) is 23.0 Å². The molecule has 0 saturated carbocycles. The lowest BCUT2D eigenvalue weighted by atomic mass is 9.97. The van der Waals surface area contributed by atoms with Gasteiger partial charge in [0.25, 0.3) is 5.22 Å². The molecule has 4 aromatic rings. The number of aromatic nitrogens is 3. The van der Waals surface area contributed by atoms with E-state index in [4.69, 9.17) is 18.9 Å². The number of hydrogen-bond donors (Lipinski definition) is 0. The summed E-state index contributed by atoms with van der Waals surface area (Å²) in [6.07, 6.45) is 1.87. The van der Waals surface area contributed by atoms with Crippen LogP contribution in [0.1, 0.15) is 23.8 Å². The average molecular weight is 481 g/mol. The van der Waals surface area contributed by atoms with Gasteiger partial charge in [0.05, 0.1) is 21.0 Å². The number of para-hydroxylation sites is 1. The van der Waals surface area contributed by atoms with E-state index in [0.29, 0.717) is 28.5 Å². The highest BCUT2D eigenvalue weighted by Crippen LogP contribution is 2.36. The van der Waals surface area contributed by atoms with Crippen molar-refractivity contribution in [1.29, 1.82) is 0 Å². The molecule has 10 heteroatoms. The fourth-order valence-electron chi connectivity index (χ4n) is 4.07. The van der Waals surface area contributed by atoms with Gasteiger partial charge in [-0.25, -0.2) is 4.98 Å². The third-order valence-electron chi connectivity index (χ3n) is 5.85. The fourth-order valence-corrected chi connectivity index (χ4v) is 5.87. The summed E-state index contributed by atoms with van der Waals surface area (Å²) in [5.74, 6) is 2.52. The van der Waals surface area contributed by atoms with Crippen LogP contribution in [0.15, 0.2) is 52.1 Å². The number of carbonyl (C=O) groups is 1. The van der Waals surface area contributed by atoms with Crippen LogP contribution in [-0.2, 0) is 4.79 Å². The zero-order valence-electron chi connectivity index (χ0n) is 17.6. The Morgan fingerprint density at radius 1 is 1.09 bits per heavy atom. The number of thiazole rings is 1. The SMILES string of the molecule is O=C(CSc1nnc(-c2ccc3c(c2)OCO3)o1)N1CCC(c2nc3ccccc3s2)CC1. The molecule has 1 saturated heterocycles. The van der Waals surface area contributed by atoms with Gasteiger partial charge in [0.2, 0.25) is 18.6 Å². The van der Waals surface area contributed by atoms with Gasteiger partial charge in [0.15, 0.2) is 11.5 Å². The number of benzene rings is 2. The highest BCUT2D eigenvalue weighted by atomic mass is 32.2. The standard InChI is InChI=1S/C23H20N4O4S2/c28-20(27-9-7-14(8-10-27)22-24-16-3-1-2-4-19(16)33-22)12-32-23-26-25-21(31-23)15-5-6-17-18(11-15)30-13-29-17/h1-6,11,14H,7-10,12-13H2. The third-order valence-corrected chi connectivity index (χ3v) is 7.85. The quantitative estimate of drug-likeness (QED) is 0.384. The van der Waals surface area contributed by atoms with Gasteiger partial charge in [-0.2, -0.15) is 0 Å². The van der Waals surface area contributed by atoms with E-state index in [1.54, 1.807) is 11.3 Å². The highest BCUT2D eigenvalue weighted by Gasteiger charge is 2.26. The third kappa shape index (κ3) is 4.16. The molecule has 2 aromatic heterocycles. The van der Waals surface area contributed by atoms with Gasteiger partial charge in [-0.15, -0.1) is 21.5 Å². The molecule has 6 rings (SSSR count). The Morgan fingerprint density at radius 3 is 2.82 bits per heavy atom. The largest absolute Gasteiger partial charge is 0.454 e. The first-order chi connectivity index (χ1) is 16.2. The minimum Gasteiger partial charge on any atom is -0.454 e. The number of fused-ring (bicyclic) bond motifs is 2. The molecule has 0 atom stereocenters. The minimum absolute atomic E-state index is 0.0885. The number of thioether (sulfide) groups is 1. The summed E-state index contributed by atoms with van der Waals surface area (Å²) in [4.78, 5) is 19.5. The Hall–Kier alpha value is -3.11. The number of nitrogens with zero attached hydrogens (tertiary/aromatic N) is 4. The van der Waals surface area contributed by atoms with E-state index in [-0.39, 0.29) is 18.5 Å². The summed E-state index contributed by atoms with van der Waals surface area (Å²) in [5, 5.41) is 9.73. The Kier molecular flexibility index (Phi) is 5.39. The summed E-state index contributed by atoms with van der Waals surface area (Å²) in [5.41, 5.74) is 1.81. The first-order valence-corrected chi connectivity index (χ1v) is 12.5. The lowest BCUT2D eigenvalue weighted by Crippen LogP contribution is -2.38. The molecular formula is C23H20N4O4S2. The monoisotopic (exact) mass is 480 g/mol. The van der Waals surface area contributed by atoms with Crippen LogP contribution in [0.25, 0.3) is 21.7 Å². The highest BCUT2D eigenvalue weighted by molar-refractivity contribution is 7.99. The van der Waals surface area contributed by atoms with Gasteiger partial charge in [-0.05, 0) is 43.2 Å². The van der Waals surface area contributed by atoms with E-state index >= 15 is 0 Å². The number of carbonyl (C=O) groups excluding carboxylic acids is 1. The molecule has 2 aliphatic rings. The normalized spacial score (nSPS) is 15.9. The van der Waals surface area contributed by atoms with Crippen molar-refractivity contribution in [2.45, 2.75) is 24.0 Å². The molecule has 1 fully saturated rings. The van der Waals surface area contributed by atoms with Crippen molar-refractivity contribution in [3.63, 3.8) is 0 Å². The van der Waals surface area contributed by atoms with E-state index in [9.17, 15) is 4.79 Å². The molecule has 0 N–H and O–H groups in total. The molecule has 4 heterocycles. The van der Waals surface area contributed by atoms with Crippen molar-refractivity contribution in [3.05, 3.63) is 47.5 Å². The van der Waals surface area contributed by atoms with Crippen LogP contribution in [0, 0.1) is 0 Å². The summed E-state index contributed by atoms with van der Waals surface area (Å²) in [6, 6.07) is 13.7. The number of ether oxygens (including phenoxy) is 2. The molecule has 0 unspecified atom stereocenters. The van der Waals surface area contributed by atoms with Crippen LogP contribution in [0.4, 0.5) is 0 Å². The number of piperidine rings is 1. The van der Waals surface area contributed by atoms with Crippen LogP contribution < -0.4 is 9.47 Å². The Morgan fingerprint density at radius 2 is 1.94 bits per heavy atom. The minimum atomic E-state index is 0.0885. The summed E-state index contributed by atoms with van der Waals surface area (Å²) in [6.45, 7) is 1.70. The molecule has 33 heavy (non-hydrogen) atoms. The smallest absolute Gasteiger partial charge is 0.277 e. The second kappa shape index (κ2) is 8.68. The van der Waals surface area contributed by atoms with Crippen LogP contribution >= 0.6 is 23.1 Å². The van der Waals surface area contributed by atoms with Crippen molar-refractivity contribution >= 4 is 39.2 Å². The molecule has 2 aromatic carbocycles. The number of hydrogen-bond acceptors (Lipinski definition) is 9. The topological polar surface area (TPSA) is 90.6 Å². The van der Waals surface area contributed by atoms with E-state index in [1.165, 1.54) is 21.5 Å². The molecule has 2 aliphatic heterocycles. The lowest BCUT2D eigenvalue weighted by molar-refractivity contribution is -0.129. The van der Waals surface area contributed by atoms with Gasteiger partial charge >= 0.3 is 0 Å². The first kappa shape index (κ1) is 20.5. The van der Waals surface area contributed by atoms with Crippen molar-refractivity contribution in [2.75, 3.05) is 25.6 Å². The van der Waals surface area contributed by atoms with Crippen molar-refractivity contribution in [1.82, 2.24) is 20.1 Å². The average Bonchev–Trinajstić information content (AvgIpc) is 3.61. The maximum atomic E-state index is 12.7. The molecular weight excluding hydrogens is 460 g/mol. The van der Waals surface area contributed by atoms with Gasteiger partial charge in [0.1, 0.15) is 0 Å². The number of rotatable bonds is 5. The van der Waals surface area contributed by atoms with E-state index < -0.39 is 0 Å². The van der Waals surface area contributed by atoms with E-state index in [1.807, 2.05) is 35.2 Å². The van der Waals surface area contributed by atoms with E-state index in [0.717, 1.165) is 37.0 Å². The molecule has 0 radical (unpaired) electrons. The van der Waals surface area contributed by atoms with Crippen LogP contribution in [-0.4, -0.2) is 51.6 Å². The Balaban J connectivity index is 1.03. The second-order valence-electron chi connectivity index (χ2n) is 7.90. The van der Waals surface area contributed by atoms with Gasteiger partial charge < -0.3 is 18.8 Å². The molecule has 1 amide bonds. The molecule has 168 valence electrons. The van der Waals surface area contributed by atoms with Crippen LogP contribution in [0.3, 0.4) is 0 Å². The summed E-state index contributed by atoms with van der Waals surface area (Å²) in [7, 11) is 0. The first-order valence-electron chi connectivity index (χ1n) is 10.7. The van der Waals surface area contributed by atoms with Gasteiger partial charge in [-0.3, -0.25) is 4.79 Å². The predicted molar refractivity (Wildman–Crippen MR) is 125 cm³/mol. The molecule has 0 bridgehead atoms. The van der Waals surface area contributed by atoms with Gasteiger partial charge in [0, 0.05) is 24.6 Å². The predicted octanol–water partition coefficient (Wildman–Crippen LogP) is 4.57. The van der Waals surface area contributed by atoms with Crippen molar-refractivity contribution < 1.29 is 18.7 Å². The summed E-state index contributed by atoms with van der Waals surface area (Å²) >= 11 is 3.03. The zero-order chi connectivity index (χ0) is 22.2. The molecule has 0 aliphatic carbocycles.